The smallest absolute Gasteiger partial charge is 0.335 e. The Kier molecular flexibility index (Phi) is 12.5. The van der Waals surface area contributed by atoms with Crippen LogP contribution in [0.1, 0.15) is 20.7 Å². The fourth-order valence-corrected chi connectivity index (χ4v) is 1.25. The minimum absolute atomic E-state index is 0.259. The van der Waals surface area contributed by atoms with Crippen LogP contribution in [0.5, 0.6) is 0 Å². The normalized spacial score (nSPS) is 8.00. The SMILES string of the molecule is C=C.C=C.Nc1ccc(C(=O)O)cc1.Nc1ccc(C(=O)O)cc1. The van der Waals surface area contributed by atoms with Crippen molar-refractivity contribution in [1.29, 1.82) is 0 Å². The van der Waals surface area contributed by atoms with Gasteiger partial charge >= 0.3 is 11.9 Å². The molecule has 2 rings (SSSR count). The van der Waals surface area contributed by atoms with Gasteiger partial charge in [-0.2, -0.15) is 0 Å². The molecule has 0 aromatic heterocycles. The molecule has 0 saturated carbocycles. The number of benzene rings is 2. The second kappa shape index (κ2) is 13.1. The monoisotopic (exact) mass is 330 g/mol. The first kappa shape index (κ1) is 22.7. The van der Waals surface area contributed by atoms with Crippen LogP contribution < -0.4 is 11.5 Å². The lowest BCUT2D eigenvalue weighted by Crippen LogP contribution is -1.95. The summed E-state index contributed by atoms with van der Waals surface area (Å²) in [6.45, 7) is 12.0. The number of hydrogen-bond acceptors (Lipinski definition) is 4. The zero-order chi connectivity index (χ0) is 19.1. The Morgan fingerprint density at radius 2 is 0.833 bits per heavy atom. The molecule has 0 unspecified atom stereocenters. The number of aromatic carboxylic acids is 2. The molecule has 0 fully saturated rings. The summed E-state index contributed by atoms with van der Waals surface area (Å²) in [5.41, 5.74) is 12.3. The lowest BCUT2D eigenvalue weighted by atomic mass is 10.2. The second-order valence-electron chi connectivity index (χ2n) is 3.85. The van der Waals surface area contributed by atoms with Gasteiger partial charge in [-0.15, -0.1) is 26.3 Å². The van der Waals surface area contributed by atoms with Gasteiger partial charge in [-0.1, -0.05) is 0 Å². The van der Waals surface area contributed by atoms with Crippen molar-refractivity contribution in [2.75, 3.05) is 11.5 Å². The third-order valence-corrected chi connectivity index (χ3v) is 2.32. The van der Waals surface area contributed by atoms with Crippen LogP contribution in [-0.4, -0.2) is 22.2 Å². The van der Waals surface area contributed by atoms with Crippen molar-refractivity contribution in [1.82, 2.24) is 0 Å². The quantitative estimate of drug-likeness (QED) is 0.493. The van der Waals surface area contributed by atoms with Gasteiger partial charge in [0.25, 0.3) is 0 Å². The molecule has 24 heavy (non-hydrogen) atoms. The van der Waals surface area contributed by atoms with Gasteiger partial charge in [-0.05, 0) is 48.5 Å². The molecule has 0 bridgehead atoms. The van der Waals surface area contributed by atoms with Crippen LogP contribution in [0.15, 0.2) is 74.8 Å². The number of carboxylic acids is 2. The van der Waals surface area contributed by atoms with Crippen molar-refractivity contribution in [2.24, 2.45) is 0 Å². The molecule has 0 aliphatic carbocycles. The first-order valence-electron chi connectivity index (χ1n) is 6.58. The number of nitrogens with two attached hydrogens (primary N) is 2. The molecule has 0 amide bonds. The zero-order valence-electron chi connectivity index (χ0n) is 13.3. The van der Waals surface area contributed by atoms with Crippen molar-refractivity contribution in [3.8, 4) is 0 Å². The number of hydrogen-bond donors (Lipinski definition) is 4. The third-order valence-electron chi connectivity index (χ3n) is 2.32. The maximum absolute atomic E-state index is 10.3. The van der Waals surface area contributed by atoms with E-state index in [0.717, 1.165) is 0 Å². The van der Waals surface area contributed by atoms with Gasteiger partial charge in [0.05, 0.1) is 11.1 Å². The van der Waals surface area contributed by atoms with Crippen molar-refractivity contribution in [3.63, 3.8) is 0 Å². The van der Waals surface area contributed by atoms with E-state index in [9.17, 15) is 9.59 Å². The van der Waals surface area contributed by atoms with Crippen molar-refractivity contribution in [2.45, 2.75) is 0 Å². The lowest BCUT2D eigenvalue weighted by molar-refractivity contribution is 0.0686. The van der Waals surface area contributed by atoms with Gasteiger partial charge in [0.1, 0.15) is 0 Å². The minimum Gasteiger partial charge on any atom is -0.478 e. The second-order valence-corrected chi connectivity index (χ2v) is 3.85. The summed E-state index contributed by atoms with van der Waals surface area (Å²) < 4.78 is 0. The van der Waals surface area contributed by atoms with Crippen LogP contribution in [-0.2, 0) is 0 Å². The first-order chi connectivity index (χ1) is 11.4. The molecule has 6 heteroatoms. The molecule has 6 nitrogen and oxygen atoms in total. The van der Waals surface area contributed by atoms with Gasteiger partial charge in [0.2, 0.25) is 0 Å². The van der Waals surface area contributed by atoms with Crippen LogP contribution in [0.2, 0.25) is 0 Å². The topological polar surface area (TPSA) is 127 Å². The number of nitrogen functional groups attached to an aromatic ring is 2. The number of anilines is 2. The molecule has 0 heterocycles. The molecule has 0 aliphatic heterocycles. The van der Waals surface area contributed by atoms with Gasteiger partial charge in [0, 0.05) is 11.4 Å². The Morgan fingerprint density at radius 1 is 0.625 bits per heavy atom. The van der Waals surface area contributed by atoms with Crippen LogP contribution in [0.3, 0.4) is 0 Å². The lowest BCUT2D eigenvalue weighted by Gasteiger charge is -1.93. The first-order valence-corrected chi connectivity index (χ1v) is 6.58. The molecule has 0 saturated heterocycles. The maximum Gasteiger partial charge on any atom is 0.335 e. The predicted octanol–water partition coefficient (Wildman–Crippen LogP) is 3.54. The zero-order valence-corrected chi connectivity index (χ0v) is 13.3. The van der Waals surface area contributed by atoms with Crippen LogP contribution in [0.25, 0.3) is 0 Å². The Bertz CT molecular complexity index is 565. The molecule has 0 radical (unpaired) electrons. The van der Waals surface area contributed by atoms with Gasteiger partial charge in [-0.25, -0.2) is 9.59 Å². The largest absolute Gasteiger partial charge is 0.478 e. The van der Waals surface area contributed by atoms with Gasteiger partial charge in [0.15, 0.2) is 0 Å². The van der Waals surface area contributed by atoms with Crippen molar-refractivity contribution >= 4 is 23.3 Å². The Morgan fingerprint density at radius 3 is 1.00 bits per heavy atom. The summed E-state index contributed by atoms with van der Waals surface area (Å²) >= 11 is 0. The summed E-state index contributed by atoms with van der Waals surface area (Å²) in [5.74, 6) is -1.86. The average molecular weight is 330 g/mol. The molecule has 0 atom stereocenters. The van der Waals surface area contributed by atoms with E-state index in [0.29, 0.717) is 11.4 Å². The fourth-order valence-electron chi connectivity index (χ4n) is 1.25. The highest BCUT2D eigenvalue weighted by molar-refractivity contribution is 5.88. The molecular formula is C18H22N2O4. The summed E-state index contributed by atoms with van der Waals surface area (Å²) in [4.78, 5) is 20.5. The molecule has 0 aliphatic rings. The predicted molar refractivity (Wildman–Crippen MR) is 98.1 cm³/mol. The van der Waals surface area contributed by atoms with E-state index in [1.54, 1.807) is 24.3 Å². The Hall–Kier alpha value is -3.54. The highest BCUT2D eigenvalue weighted by Gasteiger charge is 1.99. The molecule has 2 aromatic rings. The molecule has 0 spiro atoms. The average Bonchev–Trinajstić information content (AvgIpc) is 2.60. The fraction of sp³-hybridized carbons (Fsp3) is 0. The van der Waals surface area contributed by atoms with E-state index in [2.05, 4.69) is 26.3 Å². The highest BCUT2D eigenvalue weighted by Crippen LogP contribution is 2.05. The standard InChI is InChI=1S/2C7H7NO2.2C2H4/c2*8-6-3-1-5(2-4-6)7(9)10;2*1-2/h2*1-4H,8H2,(H,9,10);2*1-2H2. The molecule has 6 N–H and O–H groups in total. The van der Waals surface area contributed by atoms with Crippen LogP contribution in [0.4, 0.5) is 11.4 Å². The summed E-state index contributed by atoms with van der Waals surface area (Å²) in [6.07, 6.45) is 0. The van der Waals surface area contributed by atoms with Crippen LogP contribution >= 0.6 is 0 Å². The van der Waals surface area contributed by atoms with E-state index in [4.69, 9.17) is 21.7 Å². The third kappa shape index (κ3) is 9.41. The van der Waals surface area contributed by atoms with E-state index in [1.807, 2.05) is 0 Å². The van der Waals surface area contributed by atoms with Crippen molar-refractivity contribution in [3.05, 3.63) is 86.0 Å². The van der Waals surface area contributed by atoms with E-state index in [-0.39, 0.29) is 11.1 Å². The summed E-state index contributed by atoms with van der Waals surface area (Å²) in [6, 6.07) is 12.1. The van der Waals surface area contributed by atoms with Gasteiger partial charge in [-0.3, -0.25) is 0 Å². The van der Waals surface area contributed by atoms with E-state index < -0.39 is 11.9 Å². The van der Waals surface area contributed by atoms with Gasteiger partial charge < -0.3 is 21.7 Å². The minimum atomic E-state index is -0.931. The number of rotatable bonds is 2. The summed E-state index contributed by atoms with van der Waals surface area (Å²) in [5, 5.41) is 16.9. The highest BCUT2D eigenvalue weighted by atomic mass is 16.4. The maximum atomic E-state index is 10.3. The Balaban J connectivity index is 0. The molecular weight excluding hydrogens is 308 g/mol. The molecule has 128 valence electrons. The van der Waals surface area contributed by atoms with Crippen molar-refractivity contribution < 1.29 is 19.8 Å². The number of carbonyl (C=O) groups is 2. The number of carboxylic acid groups (broad SMARTS) is 2. The summed E-state index contributed by atoms with van der Waals surface area (Å²) in [7, 11) is 0. The van der Waals surface area contributed by atoms with Crippen LogP contribution in [0, 0.1) is 0 Å². The van der Waals surface area contributed by atoms with E-state index in [1.165, 1.54) is 24.3 Å². The molecule has 2 aromatic carbocycles. The van der Waals surface area contributed by atoms with E-state index >= 15 is 0 Å². The Labute approximate surface area is 141 Å².